The summed E-state index contributed by atoms with van der Waals surface area (Å²) in [5.74, 6) is -2.19. The summed E-state index contributed by atoms with van der Waals surface area (Å²) in [4.78, 5) is 26.3. The van der Waals surface area contributed by atoms with Crippen molar-refractivity contribution in [3.8, 4) is 0 Å². The molecular formula is C9H15N3O5. The number of rotatable bonds is 4. The number of aromatic amines is 1. The normalized spacial score (nSPS) is 13.1. The lowest BCUT2D eigenvalue weighted by Crippen LogP contribution is -2.32. The minimum absolute atomic E-state index is 0.263. The van der Waals surface area contributed by atoms with Crippen molar-refractivity contribution in [3.63, 3.8) is 0 Å². The van der Waals surface area contributed by atoms with Crippen LogP contribution in [-0.2, 0) is 16.0 Å². The second-order valence-corrected chi connectivity index (χ2v) is 3.22. The average Bonchev–Trinajstić information content (AvgIpc) is 2.71. The van der Waals surface area contributed by atoms with E-state index < -0.39 is 24.1 Å². The fourth-order valence-corrected chi connectivity index (χ4v) is 0.715. The third-order valence-corrected chi connectivity index (χ3v) is 1.66. The molecule has 0 aliphatic heterocycles. The third-order valence-electron chi connectivity index (χ3n) is 1.66. The van der Waals surface area contributed by atoms with Crippen molar-refractivity contribution in [2.45, 2.75) is 25.5 Å². The van der Waals surface area contributed by atoms with Gasteiger partial charge in [0.2, 0.25) is 0 Å². The zero-order valence-corrected chi connectivity index (χ0v) is 9.20. The second-order valence-electron chi connectivity index (χ2n) is 3.22. The summed E-state index contributed by atoms with van der Waals surface area (Å²) >= 11 is 0. The van der Waals surface area contributed by atoms with Crippen molar-refractivity contribution in [3.05, 3.63) is 18.2 Å². The Labute approximate surface area is 97.1 Å². The SMILES string of the molecule is CC(O)C(=O)O.NC(Cc1c[nH]cn1)C(=O)O. The molecule has 0 saturated carbocycles. The number of carboxylic acid groups (broad SMARTS) is 2. The molecule has 0 aliphatic rings. The molecule has 8 heteroatoms. The standard InChI is InChI=1S/C6H9N3O2.C3H6O3/c7-5(6(10)11)1-4-2-8-3-9-4;1-2(4)3(5)6/h2-3,5H,1,7H2,(H,8,9)(H,10,11);2,4H,1H3,(H,5,6). The van der Waals surface area contributed by atoms with E-state index in [9.17, 15) is 9.59 Å². The minimum Gasteiger partial charge on any atom is -0.480 e. The number of hydrogen-bond acceptors (Lipinski definition) is 5. The Bertz CT molecular complexity index is 350. The van der Waals surface area contributed by atoms with Crippen LogP contribution in [0.3, 0.4) is 0 Å². The molecule has 0 aliphatic carbocycles. The van der Waals surface area contributed by atoms with Crippen molar-refractivity contribution in [2.24, 2.45) is 5.73 Å². The lowest BCUT2D eigenvalue weighted by Gasteiger charge is -2.01. The van der Waals surface area contributed by atoms with Gasteiger partial charge in [-0.2, -0.15) is 0 Å². The lowest BCUT2D eigenvalue weighted by molar-refractivity contribution is -0.145. The van der Waals surface area contributed by atoms with Gasteiger partial charge in [0, 0.05) is 12.6 Å². The van der Waals surface area contributed by atoms with Gasteiger partial charge in [-0.15, -0.1) is 0 Å². The van der Waals surface area contributed by atoms with Crippen molar-refractivity contribution >= 4 is 11.9 Å². The molecule has 17 heavy (non-hydrogen) atoms. The van der Waals surface area contributed by atoms with E-state index in [1.165, 1.54) is 13.3 Å². The molecule has 1 heterocycles. The average molecular weight is 245 g/mol. The number of carbonyl (C=O) groups is 2. The number of nitrogens with two attached hydrogens (primary N) is 1. The predicted octanol–water partition coefficient (Wildman–Crippen LogP) is -1.18. The first-order valence-corrected chi connectivity index (χ1v) is 4.71. The molecule has 0 amide bonds. The highest BCUT2D eigenvalue weighted by molar-refractivity contribution is 5.73. The van der Waals surface area contributed by atoms with Crippen LogP contribution in [0.4, 0.5) is 0 Å². The summed E-state index contributed by atoms with van der Waals surface area (Å²) < 4.78 is 0. The first-order chi connectivity index (χ1) is 7.84. The number of nitrogens with zero attached hydrogens (tertiary/aromatic N) is 1. The van der Waals surface area contributed by atoms with Crippen molar-refractivity contribution in [2.75, 3.05) is 0 Å². The quantitative estimate of drug-likeness (QED) is 0.447. The number of aromatic nitrogens is 2. The Morgan fingerprint density at radius 2 is 2.00 bits per heavy atom. The molecule has 96 valence electrons. The number of aliphatic carboxylic acids is 2. The third kappa shape index (κ3) is 7.03. The largest absolute Gasteiger partial charge is 0.480 e. The summed E-state index contributed by atoms with van der Waals surface area (Å²) in [5, 5.41) is 24.2. The van der Waals surface area contributed by atoms with Gasteiger partial charge >= 0.3 is 11.9 Å². The number of imidazole rings is 1. The van der Waals surface area contributed by atoms with E-state index >= 15 is 0 Å². The molecule has 2 atom stereocenters. The maximum atomic E-state index is 10.3. The molecule has 0 fully saturated rings. The Balaban J connectivity index is 0.000000366. The Hall–Kier alpha value is -1.93. The number of carboxylic acids is 2. The van der Waals surface area contributed by atoms with Crippen LogP contribution in [0.5, 0.6) is 0 Å². The van der Waals surface area contributed by atoms with Gasteiger partial charge in [-0.1, -0.05) is 0 Å². The van der Waals surface area contributed by atoms with Gasteiger partial charge in [0.15, 0.2) is 0 Å². The predicted molar refractivity (Wildman–Crippen MR) is 57.2 cm³/mol. The van der Waals surface area contributed by atoms with E-state index in [2.05, 4.69) is 9.97 Å². The van der Waals surface area contributed by atoms with Crippen LogP contribution in [-0.4, -0.2) is 49.4 Å². The number of aliphatic hydroxyl groups is 1. The fourth-order valence-electron chi connectivity index (χ4n) is 0.715. The summed E-state index contributed by atoms with van der Waals surface area (Å²) in [7, 11) is 0. The number of hydrogen-bond donors (Lipinski definition) is 5. The molecule has 6 N–H and O–H groups in total. The van der Waals surface area contributed by atoms with E-state index in [0.717, 1.165) is 0 Å². The van der Waals surface area contributed by atoms with Crippen LogP contribution in [0.1, 0.15) is 12.6 Å². The first-order valence-electron chi connectivity index (χ1n) is 4.71. The van der Waals surface area contributed by atoms with Crippen molar-refractivity contribution in [1.82, 2.24) is 9.97 Å². The number of nitrogens with one attached hydrogen (secondary N) is 1. The van der Waals surface area contributed by atoms with E-state index in [0.29, 0.717) is 5.69 Å². The molecule has 0 bridgehead atoms. The molecule has 0 saturated heterocycles. The highest BCUT2D eigenvalue weighted by Gasteiger charge is 2.12. The van der Waals surface area contributed by atoms with Crippen molar-refractivity contribution < 1.29 is 24.9 Å². The van der Waals surface area contributed by atoms with E-state index in [1.807, 2.05) is 0 Å². The molecule has 1 aromatic rings. The molecule has 1 rings (SSSR count). The van der Waals surface area contributed by atoms with Gasteiger partial charge in [-0.25, -0.2) is 9.78 Å². The zero-order chi connectivity index (χ0) is 13.4. The van der Waals surface area contributed by atoms with E-state index in [-0.39, 0.29) is 6.42 Å². The summed E-state index contributed by atoms with van der Waals surface area (Å²) in [6.07, 6.45) is 2.15. The number of H-pyrrole nitrogens is 1. The van der Waals surface area contributed by atoms with E-state index in [1.54, 1.807) is 6.20 Å². The smallest absolute Gasteiger partial charge is 0.332 e. The highest BCUT2D eigenvalue weighted by atomic mass is 16.4. The molecule has 0 spiro atoms. The molecule has 8 nitrogen and oxygen atoms in total. The van der Waals surface area contributed by atoms with Gasteiger partial charge in [0.1, 0.15) is 12.1 Å². The van der Waals surface area contributed by atoms with Crippen LogP contribution < -0.4 is 5.73 Å². The fraction of sp³-hybridized carbons (Fsp3) is 0.444. The van der Waals surface area contributed by atoms with Gasteiger partial charge in [0.05, 0.1) is 12.0 Å². The van der Waals surface area contributed by atoms with Crippen LogP contribution in [0.2, 0.25) is 0 Å². The zero-order valence-electron chi connectivity index (χ0n) is 9.20. The Morgan fingerprint density at radius 3 is 2.29 bits per heavy atom. The minimum atomic E-state index is -1.23. The topological polar surface area (TPSA) is 150 Å². The van der Waals surface area contributed by atoms with Gasteiger partial charge < -0.3 is 26.0 Å². The monoisotopic (exact) mass is 245 g/mol. The van der Waals surface area contributed by atoms with Crippen molar-refractivity contribution in [1.29, 1.82) is 0 Å². The van der Waals surface area contributed by atoms with Crippen LogP contribution in [0.25, 0.3) is 0 Å². The Morgan fingerprint density at radius 1 is 1.47 bits per heavy atom. The molecule has 2 unspecified atom stereocenters. The van der Waals surface area contributed by atoms with Crippen LogP contribution in [0, 0.1) is 0 Å². The molecule has 0 aromatic carbocycles. The van der Waals surface area contributed by atoms with Gasteiger partial charge in [-0.05, 0) is 6.92 Å². The van der Waals surface area contributed by atoms with E-state index in [4.69, 9.17) is 21.1 Å². The second kappa shape index (κ2) is 7.36. The summed E-state index contributed by atoms with van der Waals surface area (Å²) in [6.45, 7) is 1.20. The van der Waals surface area contributed by atoms with Gasteiger partial charge in [-0.3, -0.25) is 4.79 Å². The lowest BCUT2D eigenvalue weighted by atomic mass is 10.2. The molecular weight excluding hydrogens is 230 g/mol. The summed E-state index contributed by atoms with van der Waals surface area (Å²) in [6, 6.07) is -0.863. The van der Waals surface area contributed by atoms with Gasteiger partial charge in [0.25, 0.3) is 0 Å². The highest BCUT2D eigenvalue weighted by Crippen LogP contribution is 1.95. The Kier molecular flexibility index (Phi) is 6.53. The van der Waals surface area contributed by atoms with Crippen LogP contribution >= 0.6 is 0 Å². The van der Waals surface area contributed by atoms with Crippen LogP contribution in [0.15, 0.2) is 12.5 Å². The number of aliphatic hydroxyl groups excluding tert-OH is 1. The maximum absolute atomic E-state index is 10.3. The maximum Gasteiger partial charge on any atom is 0.332 e. The molecule has 0 radical (unpaired) electrons. The molecule has 1 aromatic heterocycles. The first kappa shape index (κ1) is 15.1. The summed E-state index contributed by atoms with van der Waals surface area (Å²) in [5.41, 5.74) is 5.92.